The number of hydrogen-bond acceptors (Lipinski definition) is 5. The predicted octanol–water partition coefficient (Wildman–Crippen LogP) is 2.63. The maximum absolute atomic E-state index is 12.7. The topological polar surface area (TPSA) is 64.6 Å². The van der Waals surface area contributed by atoms with Crippen molar-refractivity contribution in [2.24, 2.45) is 0 Å². The second kappa shape index (κ2) is 7.03. The fourth-order valence-corrected chi connectivity index (χ4v) is 3.81. The van der Waals surface area contributed by atoms with Crippen LogP contribution in [-0.2, 0) is 4.74 Å². The van der Waals surface area contributed by atoms with Crippen molar-refractivity contribution in [2.75, 3.05) is 19.7 Å². The summed E-state index contributed by atoms with van der Waals surface area (Å²) in [5, 5.41) is 0. The molecule has 0 N–H and O–H groups in total. The van der Waals surface area contributed by atoms with Crippen molar-refractivity contribution in [2.45, 2.75) is 37.9 Å². The van der Waals surface area contributed by atoms with Crippen LogP contribution < -0.4 is 4.74 Å². The van der Waals surface area contributed by atoms with Crippen molar-refractivity contribution in [1.29, 1.82) is 0 Å². The van der Waals surface area contributed by atoms with Crippen LogP contribution in [0.15, 0.2) is 43.0 Å². The van der Waals surface area contributed by atoms with Gasteiger partial charge in [0.15, 0.2) is 0 Å². The molecule has 2 aromatic rings. The molecule has 2 aromatic heterocycles. The molecule has 6 heteroatoms. The number of amides is 1. The van der Waals surface area contributed by atoms with Crippen molar-refractivity contribution in [3.63, 3.8) is 0 Å². The summed E-state index contributed by atoms with van der Waals surface area (Å²) in [5.74, 6) is 0.829. The maximum atomic E-state index is 12.7. The molecule has 2 aliphatic heterocycles. The van der Waals surface area contributed by atoms with Crippen LogP contribution in [0.1, 0.15) is 35.2 Å². The number of piperidine rings is 1. The van der Waals surface area contributed by atoms with Gasteiger partial charge in [-0.2, -0.15) is 0 Å². The zero-order valence-electron chi connectivity index (χ0n) is 14.9. The van der Waals surface area contributed by atoms with E-state index in [0.717, 1.165) is 30.6 Å². The van der Waals surface area contributed by atoms with E-state index in [1.807, 2.05) is 30.0 Å². The summed E-state index contributed by atoms with van der Waals surface area (Å²) >= 11 is 0. The van der Waals surface area contributed by atoms with E-state index in [1.54, 1.807) is 24.8 Å². The van der Waals surface area contributed by atoms with E-state index >= 15 is 0 Å². The van der Waals surface area contributed by atoms with Crippen molar-refractivity contribution in [3.05, 3.63) is 54.1 Å². The minimum atomic E-state index is -0.172. The lowest BCUT2D eigenvalue weighted by atomic mass is 9.87. The van der Waals surface area contributed by atoms with Gasteiger partial charge in [0, 0.05) is 38.1 Å². The van der Waals surface area contributed by atoms with Crippen LogP contribution in [0, 0.1) is 6.92 Å². The molecule has 4 heterocycles. The number of ether oxygens (including phenoxy) is 2. The Bertz CT molecular complexity index is 773. The van der Waals surface area contributed by atoms with Gasteiger partial charge in [0.05, 0.1) is 24.0 Å². The maximum Gasteiger partial charge on any atom is 0.255 e. The highest BCUT2D eigenvalue weighted by atomic mass is 16.6. The molecule has 2 aliphatic rings. The molecular weight excluding hydrogens is 330 g/mol. The highest BCUT2D eigenvalue weighted by Crippen LogP contribution is 2.37. The van der Waals surface area contributed by atoms with E-state index in [-0.39, 0.29) is 17.6 Å². The van der Waals surface area contributed by atoms with Gasteiger partial charge >= 0.3 is 0 Å². The van der Waals surface area contributed by atoms with E-state index < -0.39 is 0 Å². The largest absolute Gasteiger partial charge is 0.486 e. The van der Waals surface area contributed by atoms with Crippen LogP contribution in [-0.4, -0.2) is 52.2 Å². The minimum absolute atomic E-state index is 0.0439. The molecule has 0 unspecified atom stereocenters. The summed E-state index contributed by atoms with van der Waals surface area (Å²) in [6, 6.07) is 5.67. The van der Waals surface area contributed by atoms with Crippen molar-refractivity contribution >= 4 is 5.91 Å². The van der Waals surface area contributed by atoms with Gasteiger partial charge in [-0.15, -0.1) is 0 Å². The molecule has 0 aliphatic carbocycles. The number of carbonyl (C=O) groups is 1. The van der Waals surface area contributed by atoms with Crippen LogP contribution in [0.3, 0.4) is 0 Å². The summed E-state index contributed by atoms with van der Waals surface area (Å²) < 4.78 is 12.1. The van der Waals surface area contributed by atoms with Crippen LogP contribution in [0.5, 0.6) is 5.75 Å². The molecule has 136 valence electrons. The van der Waals surface area contributed by atoms with Gasteiger partial charge in [-0.1, -0.05) is 0 Å². The molecule has 0 radical (unpaired) electrons. The Balaban J connectivity index is 1.34. The summed E-state index contributed by atoms with van der Waals surface area (Å²) in [4.78, 5) is 22.8. The Morgan fingerprint density at radius 3 is 2.85 bits per heavy atom. The lowest BCUT2D eigenvalue weighted by molar-refractivity contribution is -0.0395. The molecule has 1 atom stereocenters. The van der Waals surface area contributed by atoms with Gasteiger partial charge in [0.2, 0.25) is 0 Å². The zero-order chi connectivity index (χ0) is 18.0. The van der Waals surface area contributed by atoms with Crippen LogP contribution in [0.4, 0.5) is 0 Å². The summed E-state index contributed by atoms with van der Waals surface area (Å²) in [6.07, 6.45) is 9.44. The predicted molar refractivity (Wildman–Crippen MR) is 96.1 cm³/mol. The van der Waals surface area contributed by atoms with Crippen molar-refractivity contribution < 1.29 is 14.3 Å². The fourth-order valence-electron chi connectivity index (χ4n) is 3.81. The Kier molecular flexibility index (Phi) is 4.59. The van der Waals surface area contributed by atoms with Gasteiger partial charge in [0.25, 0.3) is 5.91 Å². The minimum Gasteiger partial charge on any atom is -0.486 e. The number of hydrogen-bond donors (Lipinski definition) is 0. The SMILES string of the molecule is Cc1cncc(C(=O)N2CCC3(CC2)C[C@@H](Oc2cccnc2)CO3)c1. The summed E-state index contributed by atoms with van der Waals surface area (Å²) in [6.45, 7) is 3.94. The van der Waals surface area contributed by atoms with Crippen molar-refractivity contribution in [1.82, 2.24) is 14.9 Å². The van der Waals surface area contributed by atoms with Gasteiger partial charge in [0.1, 0.15) is 11.9 Å². The average Bonchev–Trinajstić information content (AvgIpc) is 3.05. The Morgan fingerprint density at radius 2 is 2.12 bits per heavy atom. The molecule has 26 heavy (non-hydrogen) atoms. The first-order chi connectivity index (χ1) is 12.6. The third kappa shape index (κ3) is 3.55. The molecule has 2 fully saturated rings. The van der Waals surface area contributed by atoms with E-state index in [1.165, 1.54) is 0 Å². The third-order valence-electron chi connectivity index (χ3n) is 5.20. The van der Waals surface area contributed by atoms with Gasteiger partial charge < -0.3 is 14.4 Å². The van der Waals surface area contributed by atoms with Gasteiger partial charge in [-0.05, 0) is 43.5 Å². The lowest BCUT2D eigenvalue weighted by Crippen LogP contribution is -2.46. The first-order valence-corrected chi connectivity index (χ1v) is 9.05. The molecule has 0 aromatic carbocycles. The number of carbonyl (C=O) groups excluding carboxylic acids is 1. The molecule has 0 saturated carbocycles. The Hall–Kier alpha value is -2.47. The lowest BCUT2D eigenvalue weighted by Gasteiger charge is -2.38. The second-order valence-corrected chi connectivity index (χ2v) is 7.17. The number of rotatable bonds is 3. The van der Waals surface area contributed by atoms with Gasteiger partial charge in [-0.3, -0.25) is 14.8 Å². The number of likely N-dealkylation sites (tertiary alicyclic amines) is 1. The molecule has 4 rings (SSSR count). The molecular formula is C20H23N3O3. The Labute approximate surface area is 153 Å². The second-order valence-electron chi connectivity index (χ2n) is 7.17. The van der Waals surface area contributed by atoms with Crippen LogP contribution in [0.25, 0.3) is 0 Å². The van der Waals surface area contributed by atoms with E-state index in [0.29, 0.717) is 25.3 Å². The molecule has 1 amide bonds. The van der Waals surface area contributed by atoms with Crippen LogP contribution in [0.2, 0.25) is 0 Å². The van der Waals surface area contributed by atoms with E-state index in [9.17, 15) is 4.79 Å². The fraction of sp³-hybridized carbons (Fsp3) is 0.450. The number of aryl methyl sites for hydroxylation is 1. The Morgan fingerprint density at radius 1 is 1.27 bits per heavy atom. The number of aromatic nitrogens is 2. The van der Waals surface area contributed by atoms with Crippen molar-refractivity contribution in [3.8, 4) is 5.75 Å². The highest BCUT2D eigenvalue weighted by Gasteiger charge is 2.44. The van der Waals surface area contributed by atoms with E-state index in [4.69, 9.17) is 9.47 Å². The van der Waals surface area contributed by atoms with E-state index in [2.05, 4.69) is 9.97 Å². The average molecular weight is 353 g/mol. The third-order valence-corrected chi connectivity index (χ3v) is 5.20. The number of pyridine rings is 2. The first-order valence-electron chi connectivity index (χ1n) is 9.05. The zero-order valence-corrected chi connectivity index (χ0v) is 14.9. The quantitative estimate of drug-likeness (QED) is 0.849. The van der Waals surface area contributed by atoms with Crippen LogP contribution >= 0.6 is 0 Å². The number of nitrogens with zero attached hydrogens (tertiary/aromatic N) is 3. The van der Waals surface area contributed by atoms with Gasteiger partial charge in [-0.25, -0.2) is 0 Å². The summed E-state index contributed by atoms with van der Waals surface area (Å²) in [7, 11) is 0. The molecule has 1 spiro atoms. The first kappa shape index (κ1) is 17.0. The smallest absolute Gasteiger partial charge is 0.255 e. The molecule has 6 nitrogen and oxygen atoms in total. The highest BCUT2D eigenvalue weighted by molar-refractivity contribution is 5.94. The monoisotopic (exact) mass is 353 g/mol. The summed E-state index contributed by atoms with van der Waals surface area (Å²) in [5.41, 5.74) is 1.49. The molecule has 2 saturated heterocycles. The normalized spacial score (nSPS) is 21.7. The standard InChI is InChI=1S/C20H23N3O3/c1-15-9-16(12-22-11-15)19(24)23-7-4-20(5-8-23)10-18(14-25-20)26-17-3-2-6-21-13-17/h2-3,6,9,11-13,18H,4-5,7-8,10,14H2,1H3/t18-/m1/s1. The molecule has 0 bridgehead atoms.